The minimum absolute atomic E-state index is 0.00138. The lowest BCUT2D eigenvalue weighted by atomic mass is 10.1. The van der Waals surface area contributed by atoms with Gasteiger partial charge in [0.15, 0.2) is 5.43 Å². The number of para-hydroxylation sites is 2. The third-order valence-corrected chi connectivity index (χ3v) is 5.00. The largest absolute Gasteiger partial charge is 0.340 e. The van der Waals surface area contributed by atoms with Crippen LogP contribution in [0, 0.1) is 6.92 Å². The Kier molecular flexibility index (Phi) is 4.94. The third kappa shape index (κ3) is 3.54. The second-order valence-corrected chi connectivity index (χ2v) is 7.03. The van der Waals surface area contributed by atoms with E-state index in [1.54, 1.807) is 0 Å². The summed E-state index contributed by atoms with van der Waals surface area (Å²) in [5.74, 6) is -0.00138. The van der Waals surface area contributed by atoms with Gasteiger partial charge in [0.25, 0.3) is 0 Å². The van der Waals surface area contributed by atoms with Gasteiger partial charge in [-0.15, -0.1) is 0 Å². The first-order chi connectivity index (χ1) is 13.6. The second kappa shape index (κ2) is 7.69. The van der Waals surface area contributed by atoms with E-state index in [-0.39, 0.29) is 11.3 Å². The van der Waals surface area contributed by atoms with Crippen molar-refractivity contribution >= 4 is 33.4 Å². The van der Waals surface area contributed by atoms with E-state index >= 15 is 0 Å². The Morgan fingerprint density at radius 3 is 2.04 bits per heavy atom. The Labute approximate surface area is 163 Å². The van der Waals surface area contributed by atoms with E-state index in [1.807, 2.05) is 79.7 Å². The van der Waals surface area contributed by atoms with Crippen LogP contribution >= 0.6 is 0 Å². The maximum atomic E-state index is 12.8. The van der Waals surface area contributed by atoms with E-state index in [9.17, 15) is 9.59 Å². The summed E-state index contributed by atoms with van der Waals surface area (Å²) < 4.78 is 2.14. The number of carbonyl (C=O) groups is 1. The number of anilines is 1. The minimum Gasteiger partial charge on any atom is -0.340 e. The number of benzene rings is 3. The van der Waals surface area contributed by atoms with Crippen LogP contribution in [0.4, 0.5) is 5.69 Å². The van der Waals surface area contributed by atoms with Crippen LogP contribution in [0.1, 0.15) is 18.4 Å². The van der Waals surface area contributed by atoms with Gasteiger partial charge in [-0.1, -0.05) is 42.0 Å². The Balaban J connectivity index is 1.56. The average molecular weight is 370 g/mol. The molecule has 1 heterocycles. The van der Waals surface area contributed by atoms with Crippen molar-refractivity contribution < 1.29 is 4.79 Å². The van der Waals surface area contributed by atoms with Crippen LogP contribution in [-0.4, -0.2) is 10.5 Å². The number of fused-ring (bicyclic) bond motifs is 2. The molecule has 28 heavy (non-hydrogen) atoms. The van der Waals surface area contributed by atoms with E-state index in [0.29, 0.717) is 30.2 Å². The molecule has 4 rings (SSSR count). The first-order valence-electron chi connectivity index (χ1n) is 9.50. The predicted molar refractivity (Wildman–Crippen MR) is 115 cm³/mol. The first-order valence-corrected chi connectivity index (χ1v) is 9.50. The SMILES string of the molecule is Cc1ccc(NC(=O)CCCn2c3ccccc3c(=O)c3ccccc32)cc1. The lowest BCUT2D eigenvalue weighted by molar-refractivity contribution is -0.116. The zero-order chi connectivity index (χ0) is 19.5. The lowest BCUT2D eigenvalue weighted by Crippen LogP contribution is -2.14. The molecule has 4 nitrogen and oxygen atoms in total. The number of nitrogens with one attached hydrogen (secondary N) is 1. The van der Waals surface area contributed by atoms with Gasteiger partial charge in [0, 0.05) is 29.4 Å². The second-order valence-electron chi connectivity index (χ2n) is 7.03. The van der Waals surface area contributed by atoms with Gasteiger partial charge in [-0.05, 0) is 49.7 Å². The molecule has 0 aliphatic heterocycles. The van der Waals surface area contributed by atoms with Crippen molar-refractivity contribution in [3.8, 4) is 0 Å². The number of hydrogen-bond acceptors (Lipinski definition) is 2. The number of carbonyl (C=O) groups excluding carboxylic acids is 1. The zero-order valence-electron chi connectivity index (χ0n) is 15.8. The van der Waals surface area contributed by atoms with Crippen LogP contribution in [0.5, 0.6) is 0 Å². The fraction of sp³-hybridized carbons (Fsp3) is 0.167. The van der Waals surface area contributed by atoms with Crippen molar-refractivity contribution in [2.45, 2.75) is 26.3 Å². The average Bonchev–Trinajstić information content (AvgIpc) is 2.72. The molecule has 0 saturated heterocycles. The smallest absolute Gasteiger partial charge is 0.224 e. The van der Waals surface area contributed by atoms with E-state index in [1.165, 1.54) is 0 Å². The molecule has 0 unspecified atom stereocenters. The molecule has 0 bridgehead atoms. The van der Waals surface area contributed by atoms with Crippen molar-refractivity contribution in [1.82, 2.24) is 4.57 Å². The summed E-state index contributed by atoms with van der Waals surface area (Å²) in [5.41, 5.74) is 3.85. The Hall–Kier alpha value is -3.40. The van der Waals surface area contributed by atoms with Crippen LogP contribution in [0.2, 0.25) is 0 Å². The summed E-state index contributed by atoms with van der Waals surface area (Å²) in [6.45, 7) is 2.69. The van der Waals surface area contributed by atoms with Gasteiger partial charge in [-0.3, -0.25) is 9.59 Å². The van der Waals surface area contributed by atoms with E-state index in [2.05, 4.69) is 9.88 Å². The van der Waals surface area contributed by atoms with Crippen LogP contribution in [0.15, 0.2) is 77.6 Å². The van der Waals surface area contributed by atoms with Crippen molar-refractivity contribution in [3.05, 3.63) is 88.6 Å². The van der Waals surface area contributed by atoms with Crippen molar-refractivity contribution in [2.24, 2.45) is 0 Å². The molecule has 1 amide bonds. The van der Waals surface area contributed by atoms with Crippen molar-refractivity contribution in [1.29, 1.82) is 0 Å². The van der Waals surface area contributed by atoms with Crippen LogP contribution in [0.3, 0.4) is 0 Å². The lowest BCUT2D eigenvalue weighted by Gasteiger charge is -2.15. The van der Waals surface area contributed by atoms with Gasteiger partial charge in [-0.2, -0.15) is 0 Å². The predicted octanol–water partition coefficient (Wildman–Crippen LogP) is 4.88. The fourth-order valence-corrected chi connectivity index (χ4v) is 3.58. The Morgan fingerprint density at radius 2 is 1.43 bits per heavy atom. The summed E-state index contributed by atoms with van der Waals surface area (Å²) in [5, 5.41) is 4.37. The molecular formula is C24H22N2O2. The quantitative estimate of drug-likeness (QED) is 0.509. The van der Waals surface area contributed by atoms with Crippen molar-refractivity contribution in [3.63, 3.8) is 0 Å². The monoisotopic (exact) mass is 370 g/mol. The molecule has 4 heteroatoms. The van der Waals surface area contributed by atoms with E-state index in [0.717, 1.165) is 22.3 Å². The van der Waals surface area contributed by atoms with E-state index in [4.69, 9.17) is 0 Å². The maximum absolute atomic E-state index is 12.8. The maximum Gasteiger partial charge on any atom is 0.224 e. The third-order valence-electron chi connectivity index (χ3n) is 5.00. The molecule has 0 fully saturated rings. The molecular weight excluding hydrogens is 348 g/mol. The molecule has 0 saturated carbocycles. The number of nitrogens with zero attached hydrogens (tertiary/aromatic N) is 1. The van der Waals surface area contributed by atoms with Crippen LogP contribution in [-0.2, 0) is 11.3 Å². The highest BCUT2D eigenvalue weighted by Gasteiger charge is 2.10. The fourth-order valence-electron chi connectivity index (χ4n) is 3.58. The molecule has 0 atom stereocenters. The molecule has 0 aliphatic carbocycles. The summed E-state index contributed by atoms with van der Waals surface area (Å²) >= 11 is 0. The highest BCUT2D eigenvalue weighted by Crippen LogP contribution is 2.20. The van der Waals surface area contributed by atoms with Crippen molar-refractivity contribution in [2.75, 3.05) is 5.32 Å². The number of aryl methyl sites for hydroxylation is 2. The number of amides is 1. The summed E-state index contributed by atoms with van der Waals surface area (Å²) in [7, 11) is 0. The van der Waals surface area contributed by atoms with Gasteiger partial charge < -0.3 is 9.88 Å². The summed E-state index contributed by atoms with van der Waals surface area (Å²) in [4.78, 5) is 25.1. The van der Waals surface area contributed by atoms with Gasteiger partial charge in [0.05, 0.1) is 11.0 Å². The number of rotatable bonds is 5. The standard InChI is InChI=1S/C24H22N2O2/c1-17-12-14-18(15-13-17)25-23(27)11-6-16-26-21-9-4-2-7-19(21)24(28)20-8-3-5-10-22(20)26/h2-5,7-10,12-15H,6,11,16H2,1H3,(H,25,27). The highest BCUT2D eigenvalue weighted by molar-refractivity contribution is 5.93. The zero-order valence-corrected chi connectivity index (χ0v) is 15.8. The Bertz CT molecular complexity index is 1150. The number of pyridine rings is 1. The van der Waals surface area contributed by atoms with Gasteiger partial charge in [0.1, 0.15) is 0 Å². The molecule has 1 aromatic heterocycles. The van der Waals surface area contributed by atoms with Gasteiger partial charge in [0.2, 0.25) is 5.91 Å². The highest BCUT2D eigenvalue weighted by atomic mass is 16.1. The van der Waals surface area contributed by atoms with E-state index < -0.39 is 0 Å². The molecule has 0 spiro atoms. The van der Waals surface area contributed by atoms with Gasteiger partial charge >= 0.3 is 0 Å². The topological polar surface area (TPSA) is 51.1 Å². The summed E-state index contributed by atoms with van der Waals surface area (Å²) in [6.07, 6.45) is 1.11. The number of aromatic nitrogens is 1. The van der Waals surface area contributed by atoms with Crippen LogP contribution in [0.25, 0.3) is 21.8 Å². The molecule has 1 N–H and O–H groups in total. The molecule has 4 aromatic rings. The normalized spacial score (nSPS) is 11.0. The molecule has 3 aromatic carbocycles. The number of hydrogen-bond donors (Lipinski definition) is 1. The summed E-state index contributed by atoms with van der Waals surface area (Å²) in [6, 6.07) is 23.1. The molecule has 140 valence electrons. The van der Waals surface area contributed by atoms with Crippen LogP contribution < -0.4 is 10.7 Å². The van der Waals surface area contributed by atoms with Gasteiger partial charge in [-0.25, -0.2) is 0 Å². The molecule has 0 radical (unpaired) electrons. The Morgan fingerprint density at radius 1 is 0.857 bits per heavy atom. The minimum atomic E-state index is -0.00138. The first kappa shape index (κ1) is 18.0. The molecule has 0 aliphatic rings.